The van der Waals surface area contributed by atoms with Crippen LogP contribution in [0.15, 0.2) is 42.7 Å². The van der Waals surface area contributed by atoms with Gasteiger partial charge >= 0.3 is 0 Å². The first kappa shape index (κ1) is 17.9. The zero-order valence-corrected chi connectivity index (χ0v) is 16.6. The molecule has 0 unspecified atom stereocenters. The SMILES string of the molecule is Cc1ccc2nc(N3CC(c4nccnc4N4CCC(C#N)CC4)C3)ccc2c1. The molecule has 2 aliphatic rings. The number of anilines is 2. The van der Waals surface area contributed by atoms with E-state index in [0.717, 1.165) is 61.9 Å². The Bertz CT molecular complexity index is 1070. The average molecular weight is 384 g/mol. The van der Waals surface area contributed by atoms with E-state index < -0.39 is 0 Å². The van der Waals surface area contributed by atoms with Gasteiger partial charge in [-0.15, -0.1) is 0 Å². The Morgan fingerprint density at radius 3 is 2.59 bits per heavy atom. The van der Waals surface area contributed by atoms with Gasteiger partial charge in [-0.1, -0.05) is 11.6 Å². The highest BCUT2D eigenvalue weighted by Gasteiger charge is 2.34. The Morgan fingerprint density at radius 1 is 1.00 bits per heavy atom. The van der Waals surface area contributed by atoms with Crippen LogP contribution in [0.4, 0.5) is 11.6 Å². The number of nitriles is 1. The normalized spacial score (nSPS) is 17.9. The molecule has 2 aromatic heterocycles. The van der Waals surface area contributed by atoms with Crippen LogP contribution in [0.5, 0.6) is 0 Å². The topological polar surface area (TPSA) is 68.9 Å². The maximum absolute atomic E-state index is 9.15. The second-order valence-electron chi connectivity index (χ2n) is 8.12. The summed E-state index contributed by atoms with van der Waals surface area (Å²) >= 11 is 0. The van der Waals surface area contributed by atoms with E-state index in [1.54, 1.807) is 12.4 Å². The van der Waals surface area contributed by atoms with Crippen LogP contribution in [-0.4, -0.2) is 41.1 Å². The molecule has 2 fully saturated rings. The van der Waals surface area contributed by atoms with Crippen LogP contribution in [0, 0.1) is 24.2 Å². The summed E-state index contributed by atoms with van der Waals surface area (Å²) in [5.74, 6) is 2.56. The molecule has 0 bridgehead atoms. The smallest absolute Gasteiger partial charge is 0.150 e. The fourth-order valence-corrected chi connectivity index (χ4v) is 4.34. The highest BCUT2D eigenvalue weighted by atomic mass is 15.3. The second kappa shape index (κ2) is 7.32. The molecule has 4 heterocycles. The third-order valence-electron chi connectivity index (χ3n) is 6.11. The molecule has 0 N–H and O–H groups in total. The van der Waals surface area contributed by atoms with Crippen molar-refractivity contribution in [1.82, 2.24) is 15.0 Å². The maximum atomic E-state index is 9.15. The Balaban J connectivity index is 1.31. The number of fused-ring (bicyclic) bond motifs is 1. The van der Waals surface area contributed by atoms with Crippen LogP contribution in [0.25, 0.3) is 10.9 Å². The second-order valence-corrected chi connectivity index (χ2v) is 8.12. The minimum atomic E-state index is 0.174. The summed E-state index contributed by atoms with van der Waals surface area (Å²) in [4.78, 5) is 18.8. The third-order valence-corrected chi connectivity index (χ3v) is 6.11. The summed E-state index contributed by atoms with van der Waals surface area (Å²) in [5.41, 5.74) is 3.37. The van der Waals surface area contributed by atoms with Crippen LogP contribution in [0.1, 0.15) is 30.0 Å². The summed E-state index contributed by atoms with van der Waals surface area (Å²) in [5, 5.41) is 10.3. The van der Waals surface area contributed by atoms with Gasteiger partial charge in [0.25, 0.3) is 0 Å². The number of piperidine rings is 1. The van der Waals surface area contributed by atoms with E-state index >= 15 is 0 Å². The molecule has 1 aromatic carbocycles. The molecule has 3 aromatic rings. The Morgan fingerprint density at radius 2 is 1.79 bits per heavy atom. The number of nitrogens with zero attached hydrogens (tertiary/aromatic N) is 6. The minimum absolute atomic E-state index is 0.174. The lowest BCUT2D eigenvalue weighted by Crippen LogP contribution is -2.47. The third kappa shape index (κ3) is 3.38. The first-order valence-corrected chi connectivity index (χ1v) is 10.3. The van der Waals surface area contributed by atoms with Gasteiger partial charge in [0.1, 0.15) is 5.82 Å². The summed E-state index contributed by atoms with van der Waals surface area (Å²) in [6.45, 7) is 5.68. The molecule has 0 spiro atoms. The van der Waals surface area contributed by atoms with Crippen molar-refractivity contribution in [3.8, 4) is 6.07 Å². The molecule has 0 radical (unpaired) electrons. The summed E-state index contributed by atoms with van der Waals surface area (Å²) < 4.78 is 0. The predicted molar refractivity (Wildman–Crippen MR) is 114 cm³/mol. The lowest BCUT2D eigenvalue weighted by atomic mass is 9.94. The average Bonchev–Trinajstić information content (AvgIpc) is 2.73. The van der Waals surface area contributed by atoms with Crippen LogP contribution < -0.4 is 9.80 Å². The van der Waals surface area contributed by atoms with Gasteiger partial charge < -0.3 is 9.80 Å². The number of benzene rings is 1. The quantitative estimate of drug-likeness (QED) is 0.686. The molecule has 2 saturated heterocycles. The molecule has 0 atom stereocenters. The van der Waals surface area contributed by atoms with Gasteiger partial charge in [-0.25, -0.2) is 9.97 Å². The van der Waals surface area contributed by atoms with Crippen molar-refractivity contribution in [2.24, 2.45) is 5.92 Å². The molecule has 0 saturated carbocycles. The molecular formula is C23H24N6. The number of hydrogen-bond acceptors (Lipinski definition) is 6. The van der Waals surface area contributed by atoms with Crippen LogP contribution in [-0.2, 0) is 0 Å². The lowest BCUT2D eigenvalue weighted by Gasteiger charge is -2.41. The summed E-state index contributed by atoms with van der Waals surface area (Å²) in [6, 6.07) is 13.0. The van der Waals surface area contributed by atoms with Gasteiger partial charge in [-0.05, 0) is 44.0 Å². The first-order valence-electron chi connectivity index (χ1n) is 10.3. The van der Waals surface area contributed by atoms with Gasteiger partial charge in [-0.3, -0.25) is 4.98 Å². The van der Waals surface area contributed by atoms with Crippen molar-refractivity contribution < 1.29 is 0 Å². The van der Waals surface area contributed by atoms with Gasteiger partial charge in [0, 0.05) is 55.8 Å². The lowest BCUT2D eigenvalue weighted by molar-refractivity contribution is 0.473. The molecule has 146 valence electrons. The van der Waals surface area contributed by atoms with Gasteiger partial charge in [0.2, 0.25) is 0 Å². The van der Waals surface area contributed by atoms with Crippen molar-refractivity contribution in [3.05, 3.63) is 54.0 Å². The molecule has 0 aliphatic carbocycles. The van der Waals surface area contributed by atoms with E-state index in [1.165, 1.54) is 10.9 Å². The molecule has 29 heavy (non-hydrogen) atoms. The number of aromatic nitrogens is 3. The number of rotatable bonds is 3. The van der Waals surface area contributed by atoms with Gasteiger partial charge in [0.05, 0.1) is 17.3 Å². The largest absolute Gasteiger partial charge is 0.355 e. The number of hydrogen-bond donors (Lipinski definition) is 0. The minimum Gasteiger partial charge on any atom is -0.355 e. The van der Waals surface area contributed by atoms with E-state index in [-0.39, 0.29) is 5.92 Å². The highest BCUT2D eigenvalue weighted by Crippen LogP contribution is 2.35. The van der Waals surface area contributed by atoms with Crippen molar-refractivity contribution in [1.29, 1.82) is 5.26 Å². The molecule has 2 aliphatic heterocycles. The highest BCUT2D eigenvalue weighted by molar-refractivity contribution is 5.81. The number of aryl methyl sites for hydroxylation is 1. The Labute approximate surface area is 170 Å². The van der Waals surface area contributed by atoms with E-state index in [9.17, 15) is 0 Å². The predicted octanol–water partition coefficient (Wildman–Crippen LogP) is 3.68. The first-order chi connectivity index (χ1) is 14.2. The van der Waals surface area contributed by atoms with E-state index in [1.807, 2.05) is 0 Å². The zero-order chi connectivity index (χ0) is 19.8. The van der Waals surface area contributed by atoms with Crippen molar-refractivity contribution in [2.75, 3.05) is 36.0 Å². The van der Waals surface area contributed by atoms with Crippen molar-refractivity contribution >= 4 is 22.5 Å². The Hall–Kier alpha value is -3.20. The maximum Gasteiger partial charge on any atom is 0.150 e. The van der Waals surface area contributed by atoms with Crippen molar-refractivity contribution in [2.45, 2.75) is 25.7 Å². The van der Waals surface area contributed by atoms with Crippen LogP contribution >= 0.6 is 0 Å². The van der Waals surface area contributed by atoms with Gasteiger partial charge in [0.15, 0.2) is 5.82 Å². The standard InChI is InChI=1S/C23H24N6/c1-16-2-4-20-18(12-16)3-5-21(27-20)29-14-19(15-29)22-23(26-9-8-25-22)28-10-6-17(13-24)7-11-28/h2-5,8-9,12,17,19H,6-7,10-11,14-15H2,1H3. The fraction of sp³-hybridized carbons (Fsp3) is 0.391. The fourth-order valence-electron chi connectivity index (χ4n) is 4.34. The number of pyridine rings is 1. The van der Waals surface area contributed by atoms with Crippen LogP contribution in [0.2, 0.25) is 0 Å². The Kier molecular flexibility index (Phi) is 4.51. The molecular weight excluding hydrogens is 360 g/mol. The molecule has 6 heteroatoms. The van der Waals surface area contributed by atoms with Crippen LogP contribution in [0.3, 0.4) is 0 Å². The van der Waals surface area contributed by atoms with E-state index in [4.69, 9.17) is 10.2 Å². The summed E-state index contributed by atoms with van der Waals surface area (Å²) in [6.07, 6.45) is 5.38. The monoisotopic (exact) mass is 384 g/mol. The van der Waals surface area contributed by atoms with Gasteiger partial charge in [-0.2, -0.15) is 5.26 Å². The van der Waals surface area contributed by atoms with Crippen molar-refractivity contribution in [3.63, 3.8) is 0 Å². The van der Waals surface area contributed by atoms with E-state index in [2.05, 4.69) is 63.1 Å². The summed E-state index contributed by atoms with van der Waals surface area (Å²) in [7, 11) is 0. The molecule has 0 amide bonds. The molecule has 6 nitrogen and oxygen atoms in total. The van der Waals surface area contributed by atoms with E-state index in [0.29, 0.717) is 5.92 Å². The molecule has 5 rings (SSSR count). The zero-order valence-electron chi connectivity index (χ0n) is 16.6.